The van der Waals surface area contributed by atoms with Crippen molar-refractivity contribution in [2.75, 3.05) is 11.9 Å². The van der Waals surface area contributed by atoms with Crippen molar-refractivity contribution in [1.82, 2.24) is 14.7 Å². The van der Waals surface area contributed by atoms with E-state index in [1.54, 1.807) is 6.07 Å². The smallest absolute Gasteiger partial charge is 0.287 e. The maximum absolute atomic E-state index is 12.8. The summed E-state index contributed by atoms with van der Waals surface area (Å²) < 4.78 is 1.28. The van der Waals surface area contributed by atoms with Crippen LogP contribution in [0.4, 0.5) is 5.69 Å². The zero-order valence-corrected chi connectivity index (χ0v) is 16.2. The van der Waals surface area contributed by atoms with Crippen LogP contribution in [0.2, 0.25) is 0 Å². The monoisotopic (exact) mass is 378 g/mol. The molecule has 6 heteroatoms. The van der Waals surface area contributed by atoms with Gasteiger partial charge in [0.2, 0.25) is 0 Å². The molecule has 1 aliphatic carbocycles. The van der Waals surface area contributed by atoms with E-state index in [4.69, 9.17) is 4.84 Å². The molecule has 0 bridgehead atoms. The summed E-state index contributed by atoms with van der Waals surface area (Å²) in [5, 5.41) is 4.33. The minimum Gasteiger partial charge on any atom is -0.404 e. The minimum absolute atomic E-state index is 0.229. The Hall–Kier alpha value is -2.89. The molecule has 1 N–H and O–H groups in total. The molecule has 4 rings (SSSR count). The molecule has 0 aliphatic heterocycles. The van der Waals surface area contributed by atoms with E-state index < -0.39 is 0 Å². The molecule has 1 aliphatic rings. The number of anilines is 1. The number of hydrogen-bond acceptors (Lipinski definition) is 5. The molecular formula is C22H26N4O2. The van der Waals surface area contributed by atoms with Crippen LogP contribution in [0.3, 0.4) is 0 Å². The van der Waals surface area contributed by atoms with Crippen molar-refractivity contribution < 1.29 is 4.84 Å². The lowest BCUT2D eigenvalue weighted by Gasteiger charge is -2.23. The Bertz CT molecular complexity index is 995. The Morgan fingerprint density at radius 1 is 1.14 bits per heavy atom. The van der Waals surface area contributed by atoms with Gasteiger partial charge in [-0.1, -0.05) is 49.6 Å². The summed E-state index contributed by atoms with van der Waals surface area (Å²) in [5.41, 5.74) is 2.89. The van der Waals surface area contributed by atoms with Crippen LogP contribution in [-0.2, 0) is 6.61 Å². The van der Waals surface area contributed by atoms with Gasteiger partial charge in [0.25, 0.3) is 5.56 Å². The first-order chi connectivity index (χ1) is 13.7. The van der Waals surface area contributed by atoms with Crippen LogP contribution in [-0.4, -0.2) is 21.2 Å². The standard InChI is InChI=1S/C22H26N4O2/c1-16-21-19(23-13-17-8-4-2-5-9-17)12-20(27)26(22(21)25-15-24-16)28-14-18-10-6-3-7-11-18/h3,6-7,10-12,15,17,23H,2,4-5,8-9,13-14H2,1H3. The molecule has 2 heterocycles. The summed E-state index contributed by atoms with van der Waals surface area (Å²) in [5.74, 6) is 0.658. The Morgan fingerprint density at radius 3 is 2.71 bits per heavy atom. The highest BCUT2D eigenvalue weighted by Gasteiger charge is 2.17. The lowest BCUT2D eigenvalue weighted by atomic mass is 9.89. The molecule has 0 saturated heterocycles. The van der Waals surface area contributed by atoms with Gasteiger partial charge < -0.3 is 10.2 Å². The zero-order chi connectivity index (χ0) is 19.3. The first-order valence-electron chi connectivity index (χ1n) is 10.0. The Morgan fingerprint density at radius 2 is 1.93 bits per heavy atom. The molecule has 1 saturated carbocycles. The van der Waals surface area contributed by atoms with E-state index in [2.05, 4.69) is 15.3 Å². The Kier molecular flexibility index (Phi) is 5.55. The van der Waals surface area contributed by atoms with Crippen molar-refractivity contribution in [2.45, 2.75) is 45.6 Å². The molecular weight excluding hydrogens is 352 g/mol. The number of hydrogen-bond donors (Lipinski definition) is 1. The van der Waals surface area contributed by atoms with E-state index in [1.165, 1.54) is 43.2 Å². The molecule has 6 nitrogen and oxygen atoms in total. The van der Waals surface area contributed by atoms with Gasteiger partial charge in [-0.3, -0.25) is 4.79 Å². The number of aryl methyl sites for hydroxylation is 1. The zero-order valence-electron chi connectivity index (χ0n) is 16.2. The molecule has 0 unspecified atom stereocenters. The van der Waals surface area contributed by atoms with E-state index in [1.807, 2.05) is 37.3 Å². The quantitative estimate of drug-likeness (QED) is 0.708. The number of pyridine rings is 1. The fraction of sp³-hybridized carbons (Fsp3) is 0.409. The van der Waals surface area contributed by atoms with Gasteiger partial charge in [-0.2, -0.15) is 0 Å². The first kappa shape index (κ1) is 18.5. The summed E-state index contributed by atoms with van der Waals surface area (Å²) in [6, 6.07) is 11.4. The third-order valence-corrected chi connectivity index (χ3v) is 5.46. The highest BCUT2D eigenvalue weighted by molar-refractivity contribution is 5.90. The SMILES string of the molecule is Cc1ncnc2c1c(NCC1CCCCC1)cc(=O)n2OCc1ccccc1. The average molecular weight is 378 g/mol. The summed E-state index contributed by atoms with van der Waals surface area (Å²) in [4.78, 5) is 27.3. The number of nitrogens with zero attached hydrogens (tertiary/aromatic N) is 3. The topological polar surface area (TPSA) is 69.0 Å². The largest absolute Gasteiger partial charge is 0.404 e. The van der Waals surface area contributed by atoms with E-state index in [0.717, 1.165) is 28.9 Å². The second-order valence-corrected chi connectivity index (χ2v) is 7.49. The highest BCUT2D eigenvalue weighted by Crippen LogP contribution is 2.26. The van der Waals surface area contributed by atoms with Crippen molar-refractivity contribution in [3.63, 3.8) is 0 Å². The van der Waals surface area contributed by atoms with Gasteiger partial charge in [-0.25, -0.2) is 9.97 Å². The Balaban J connectivity index is 1.63. The van der Waals surface area contributed by atoms with Crippen molar-refractivity contribution in [3.8, 4) is 0 Å². The van der Waals surface area contributed by atoms with Gasteiger partial charge in [0.15, 0.2) is 5.65 Å². The maximum Gasteiger partial charge on any atom is 0.287 e. The van der Waals surface area contributed by atoms with Gasteiger partial charge in [-0.05, 0) is 31.2 Å². The predicted molar refractivity (Wildman–Crippen MR) is 110 cm³/mol. The van der Waals surface area contributed by atoms with Crippen molar-refractivity contribution in [3.05, 3.63) is 64.3 Å². The third-order valence-electron chi connectivity index (χ3n) is 5.46. The van der Waals surface area contributed by atoms with Gasteiger partial charge in [0, 0.05) is 12.6 Å². The highest BCUT2D eigenvalue weighted by atomic mass is 16.7. The van der Waals surface area contributed by atoms with Gasteiger partial charge in [0.05, 0.1) is 16.8 Å². The second-order valence-electron chi connectivity index (χ2n) is 7.49. The maximum atomic E-state index is 12.8. The molecule has 28 heavy (non-hydrogen) atoms. The van der Waals surface area contributed by atoms with Crippen LogP contribution in [0.25, 0.3) is 11.0 Å². The number of benzene rings is 1. The van der Waals surface area contributed by atoms with Crippen LogP contribution in [0.1, 0.15) is 43.4 Å². The first-order valence-corrected chi connectivity index (χ1v) is 10.0. The number of nitrogens with one attached hydrogen (secondary N) is 1. The van der Waals surface area contributed by atoms with Crippen LogP contribution in [0.15, 0.2) is 47.5 Å². The van der Waals surface area contributed by atoms with E-state index >= 15 is 0 Å². The lowest BCUT2D eigenvalue weighted by Crippen LogP contribution is -2.28. The van der Waals surface area contributed by atoms with E-state index in [-0.39, 0.29) is 5.56 Å². The predicted octanol–water partition coefficient (Wildman–Crippen LogP) is 3.72. The molecule has 1 fully saturated rings. The minimum atomic E-state index is -0.229. The summed E-state index contributed by atoms with van der Waals surface area (Å²) in [6.45, 7) is 3.10. The summed E-state index contributed by atoms with van der Waals surface area (Å²) in [7, 11) is 0. The fourth-order valence-electron chi connectivity index (χ4n) is 3.91. The van der Waals surface area contributed by atoms with E-state index in [0.29, 0.717) is 18.2 Å². The third kappa shape index (κ3) is 4.01. The van der Waals surface area contributed by atoms with E-state index in [9.17, 15) is 4.79 Å². The normalized spacial score (nSPS) is 14.9. The molecule has 1 aromatic carbocycles. The van der Waals surface area contributed by atoms with Gasteiger partial charge in [-0.15, -0.1) is 4.73 Å². The second kappa shape index (κ2) is 8.42. The van der Waals surface area contributed by atoms with Crippen LogP contribution in [0, 0.1) is 12.8 Å². The van der Waals surface area contributed by atoms with Crippen molar-refractivity contribution in [1.29, 1.82) is 0 Å². The number of aromatic nitrogens is 3. The van der Waals surface area contributed by atoms with Crippen LogP contribution < -0.4 is 15.7 Å². The molecule has 0 radical (unpaired) electrons. The lowest BCUT2D eigenvalue weighted by molar-refractivity contribution is 0.0979. The molecule has 0 atom stereocenters. The number of fused-ring (bicyclic) bond motifs is 1. The molecule has 0 amide bonds. The van der Waals surface area contributed by atoms with Crippen molar-refractivity contribution >= 4 is 16.7 Å². The summed E-state index contributed by atoms with van der Waals surface area (Å²) in [6.07, 6.45) is 7.90. The van der Waals surface area contributed by atoms with Crippen LogP contribution >= 0.6 is 0 Å². The Labute approximate surface area is 164 Å². The molecule has 3 aromatic rings. The van der Waals surface area contributed by atoms with Crippen molar-refractivity contribution in [2.24, 2.45) is 5.92 Å². The molecule has 146 valence electrons. The van der Waals surface area contributed by atoms with Gasteiger partial charge >= 0.3 is 0 Å². The summed E-state index contributed by atoms with van der Waals surface area (Å²) >= 11 is 0. The number of rotatable bonds is 6. The van der Waals surface area contributed by atoms with Gasteiger partial charge in [0.1, 0.15) is 12.9 Å². The van der Waals surface area contributed by atoms with Crippen LogP contribution in [0.5, 0.6) is 0 Å². The molecule has 0 spiro atoms. The fourth-order valence-corrected chi connectivity index (χ4v) is 3.91. The average Bonchev–Trinajstić information content (AvgIpc) is 2.73. The molecule has 2 aromatic heterocycles.